The highest BCUT2D eigenvalue weighted by atomic mass is 16.5. The van der Waals surface area contributed by atoms with E-state index in [1.54, 1.807) is 7.11 Å². The van der Waals surface area contributed by atoms with E-state index in [1.807, 2.05) is 91.0 Å². The van der Waals surface area contributed by atoms with E-state index in [1.165, 1.54) is 13.2 Å². The number of hydrogen-bond donors (Lipinski definition) is 0. The largest absolute Gasteiger partial charge is 0.497 e. The van der Waals surface area contributed by atoms with Gasteiger partial charge in [0.2, 0.25) is 0 Å². The van der Waals surface area contributed by atoms with Crippen LogP contribution in [0.25, 0.3) is 38.2 Å². The summed E-state index contributed by atoms with van der Waals surface area (Å²) in [6.45, 7) is 4.28. The van der Waals surface area contributed by atoms with Gasteiger partial charge in [-0.2, -0.15) is 0 Å². The summed E-state index contributed by atoms with van der Waals surface area (Å²) < 4.78 is 12.9. The maximum atomic E-state index is 13.8. The predicted molar refractivity (Wildman–Crippen MR) is 164 cm³/mol. The quantitative estimate of drug-likeness (QED) is 0.117. The molecule has 0 amide bonds. The van der Waals surface area contributed by atoms with Crippen molar-refractivity contribution in [3.05, 3.63) is 132 Å². The predicted octanol–water partition coefficient (Wildman–Crippen LogP) is 8.16. The number of nitrogens with zero attached hydrogens (tertiary/aromatic N) is 1. The fourth-order valence-electron chi connectivity index (χ4n) is 5.55. The van der Waals surface area contributed by atoms with Gasteiger partial charge in [-0.05, 0) is 71.3 Å². The van der Waals surface area contributed by atoms with Gasteiger partial charge in [0.05, 0.1) is 7.11 Å². The van der Waals surface area contributed by atoms with Gasteiger partial charge in [-0.25, -0.2) is 0 Å². The Bertz CT molecular complexity index is 1970. The normalized spacial score (nSPS) is 11.7. The smallest absolute Gasteiger partial charge is 0.307 e. The summed E-state index contributed by atoms with van der Waals surface area (Å²) >= 11 is 0. The summed E-state index contributed by atoms with van der Waals surface area (Å²) in [5.74, 6) is 0.340. The second-order valence-electron chi connectivity index (χ2n) is 9.93. The number of rotatable bonds is 7. The van der Waals surface area contributed by atoms with E-state index < -0.39 is 5.97 Å². The second-order valence-corrected chi connectivity index (χ2v) is 9.93. The first-order chi connectivity index (χ1) is 20.0. The maximum absolute atomic E-state index is 13.8. The highest BCUT2D eigenvalue weighted by Gasteiger charge is 2.17. The lowest BCUT2D eigenvalue weighted by Crippen LogP contribution is -2.02. The number of esters is 1. The van der Waals surface area contributed by atoms with Crippen molar-refractivity contribution in [3.8, 4) is 5.75 Å². The van der Waals surface area contributed by atoms with E-state index in [4.69, 9.17) is 9.47 Å². The van der Waals surface area contributed by atoms with Crippen LogP contribution in [0.5, 0.6) is 5.75 Å². The Morgan fingerprint density at radius 3 is 2.05 bits per heavy atom. The zero-order valence-electron chi connectivity index (χ0n) is 23.2. The molecular weight excluding hydrogens is 510 g/mol. The Morgan fingerprint density at radius 1 is 0.732 bits per heavy atom. The standard InChI is InChI=1S/C36H29NO4/c1-4-37-34-18-14-26(33(22-41-23(2)38)25-12-16-28(40-3)17-13-25)20-31(34)32-21-27(15-19-35(32)37)36(39)30-11-7-9-24-8-5-6-10-29(24)30/h5-22H,4H2,1-3H3. The van der Waals surface area contributed by atoms with E-state index in [2.05, 4.69) is 23.6 Å². The number of carbonyl (C=O) groups excluding carboxylic acids is 2. The summed E-state index contributed by atoms with van der Waals surface area (Å²) in [6, 6.07) is 33.6. The van der Waals surface area contributed by atoms with Gasteiger partial charge in [-0.3, -0.25) is 9.59 Å². The monoisotopic (exact) mass is 539 g/mol. The van der Waals surface area contributed by atoms with Crippen molar-refractivity contribution >= 4 is 49.9 Å². The number of benzene rings is 5. The zero-order valence-corrected chi connectivity index (χ0v) is 23.2. The Balaban J connectivity index is 1.52. The van der Waals surface area contributed by atoms with E-state index >= 15 is 0 Å². The molecule has 6 aromatic rings. The topological polar surface area (TPSA) is 57.5 Å². The van der Waals surface area contributed by atoms with Gasteiger partial charge >= 0.3 is 5.97 Å². The molecule has 6 rings (SSSR count). The average molecular weight is 540 g/mol. The number of methoxy groups -OCH3 is 1. The van der Waals surface area contributed by atoms with Gasteiger partial charge in [0.25, 0.3) is 0 Å². The minimum Gasteiger partial charge on any atom is -0.497 e. The number of carbonyl (C=O) groups is 2. The first kappa shape index (κ1) is 26.1. The zero-order chi connectivity index (χ0) is 28.5. The van der Waals surface area contributed by atoms with Gasteiger partial charge in [-0.15, -0.1) is 0 Å². The summed E-state index contributed by atoms with van der Waals surface area (Å²) in [5, 5.41) is 4.00. The summed E-state index contributed by atoms with van der Waals surface area (Å²) in [4.78, 5) is 25.5. The van der Waals surface area contributed by atoms with E-state index in [-0.39, 0.29) is 5.78 Å². The van der Waals surface area contributed by atoms with Crippen LogP contribution in [0.3, 0.4) is 0 Å². The first-order valence-corrected chi connectivity index (χ1v) is 13.6. The third-order valence-corrected chi connectivity index (χ3v) is 7.53. The molecule has 0 saturated carbocycles. The van der Waals surface area contributed by atoms with Crippen LogP contribution < -0.4 is 4.74 Å². The lowest BCUT2D eigenvalue weighted by molar-refractivity contribution is -0.135. The SMILES string of the molecule is CCn1c2ccc(C(=O)c3cccc4ccccc34)cc2c2cc(C(=COC(C)=O)c3ccc(OC)cc3)ccc21. The molecule has 0 N–H and O–H groups in total. The van der Waals surface area contributed by atoms with E-state index in [9.17, 15) is 9.59 Å². The van der Waals surface area contributed by atoms with Crippen LogP contribution >= 0.6 is 0 Å². The minimum absolute atomic E-state index is 0.00840. The molecule has 202 valence electrons. The van der Waals surface area contributed by atoms with Crippen molar-refractivity contribution in [2.24, 2.45) is 0 Å². The van der Waals surface area contributed by atoms with Gasteiger partial charge < -0.3 is 14.0 Å². The molecule has 41 heavy (non-hydrogen) atoms. The maximum Gasteiger partial charge on any atom is 0.307 e. The molecule has 0 atom stereocenters. The molecule has 1 heterocycles. The van der Waals surface area contributed by atoms with Gasteiger partial charge in [-0.1, -0.05) is 60.7 Å². The number of aryl methyl sites for hydroxylation is 1. The van der Waals surface area contributed by atoms with Crippen LogP contribution in [0.4, 0.5) is 0 Å². The van der Waals surface area contributed by atoms with Crippen LogP contribution in [-0.2, 0) is 16.1 Å². The summed E-state index contributed by atoms with van der Waals surface area (Å²) in [7, 11) is 1.63. The van der Waals surface area contributed by atoms with Gasteiger partial charge in [0, 0.05) is 52.0 Å². The molecule has 0 aliphatic heterocycles. The summed E-state index contributed by atoms with van der Waals surface area (Å²) in [6.07, 6.45) is 1.50. The molecule has 1 aromatic heterocycles. The highest BCUT2D eigenvalue weighted by Crippen LogP contribution is 2.35. The van der Waals surface area contributed by atoms with Crippen molar-refractivity contribution < 1.29 is 19.1 Å². The Morgan fingerprint density at radius 2 is 1.37 bits per heavy atom. The summed E-state index contributed by atoms with van der Waals surface area (Å²) in [5.41, 5.74) is 6.01. The van der Waals surface area contributed by atoms with E-state index in [0.29, 0.717) is 11.1 Å². The molecule has 5 aromatic carbocycles. The molecule has 5 nitrogen and oxygen atoms in total. The van der Waals surface area contributed by atoms with Crippen LogP contribution in [-0.4, -0.2) is 23.4 Å². The number of fused-ring (bicyclic) bond motifs is 4. The highest BCUT2D eigenvalue weighted by molar-refractivity contribution is 6.19. The number of ether oxygens (including phenoxy) is 2. The molecule has 5 heteroatoms. The third kappa shape index (κ3) is 4.76. The fourth-order valence-corrected chi connectivity index (χ4v) is 5.55. The first-order valence-electron chi connectivity index (χ1n) is 13.6. The van der Waals surface area contributed by atoms with Crippen LogP contribution in [0.1, 0.15) is 40.9 Å². The van der Waals surface area contributed by atoms with Crippen molar-refractivity contribution in [3.63, 3.8) is 0 Å². The molecule has 0 aliphatic carbocycles. The van der Waals surface area contributed by atoms with Crippen LogP contribution in [0.15, 0.2) is 109 Å². The molecule has 0 bridgehead atoms. The molecule has 0 aliphatic rings. The lowest BCUT2D eigenvalue weighted by atomic mass is 9.95. The molecular formula is C36H29NO4. The van der Waals surface area contributed by atoms with Crippen LogP contribution in [0.2, 0.25) is 0 Å². The molecule has 0 fully saturated rings. The third-order valence-electron chi connectivity index (χ3n) is 7.53. The van der Waals surface area contributed by atoms with Crippen molar-refractivity contribution in [2.75, 3.05) is 7.11 Å². The lowest BCUT2D eigenvalue weighted by Gasteiger charge is -2.10. The van der Waals surface area contributed by atoms with Crippen LogP contribution in [0, 0.1) is 0 Å². The minimum atomic E-state index is -0.392. The van der Waals surface area contributed by atoms with Gasteiger partial charge in [0.1, 0.15) is 12.0 Å². The number of hydrogen-bond acceptors (Lipinski definition) is 4. The molecule has 0 saturated heterocycles. The Hall–Kier alpha value is -5.16. The number of ketones is 1. The Labute approximate surface area is 238 Å². The van der Waals surface area contributed by atoms with E-state index in [0.717, 1.165) is 61.6 Å². The fraction of sp³-hybridized carbons (Fsp3) is 0.111. The molecule has 0 spiro atoms. The average Bonchev–Trinajstić information content (AvgIpc) is 3.33. The molecule has 0 radical (unpaired) electrons. The Kier molecular flexibility index (Phi) is 6.86. The number of aromatic nitrogens is 1. The molecule has 0 unspecified atom stereocenters. The van der Waals surface area contributed by atoms with Gasteiger partial charge in [0.15, 0.2) is 5.78 Å². The van der Waals surface area contributed by atoms with Crippen molar-refractivity contribution in [1.82, 2.24) is 4.57 Å². The second kappa shape index (κ2) is 10.8. The van der Waals surface area contributed by atoms with Crippen molar-refractivity contribution in [1.29, 1.82) is 0 Å². The van der Waals surface area contributed by atoms with Crippen molar-refractivity contribution in [2.45, 2.75) is 20.4 Å².